The Kier molecular flexibility index (Phi) is 1.57. The second kappa shape index (κ2) is 2.45. The van der Waals surface area contributed by atoms with E-state index in [9.17, 15) is 4.79 Å². The normalized spacial score (nSPS) is 28.2. The molecule has 60 valence electrons. The van der Waals surface area contributed by atoms with Crippen LogP contribution >= 0.6 is 0 Å². The lowest BCUT2D eigenvalue weighted by Gasteiger charge is -2.31. The van der Waals surface area contributed by atoms with Crippen molar-refractivity contribution in [2.45, 2.75) is 19.3 Å². The Bertz CT molecular complexity index is 202. The van der Waals surface area contributed by atoms with Crippen molar-refractivity contribution in [3.8, 4) is 0 Å². The summed E-state index contributed by atoms with van der Waals surface area (Å²) < 4.78 is 0. The van der Waals surface area contributed by atoms with Crippen molar-refractivity contribution in [3.05, 3.63) is 12.2 Å². The van der Waals surface area contributed by atoms with Crippen molar-refractivity contribution < 1.29 is 4.79 Å². The maximum atomic E-state index is 11.4. The van der Waals surface area contributed by atoms with Gasteiger partial charge < -0.3 is 5.32 Å². The van der Waals surface area contributed by atoms with E-state index in [-0.39, 0.29) is 5.41 Å². The minimum absolute atomic E-state index is 0.0191. The van der Waals surface area contributed by atoms with Gasteiger partial charge in [-0.25, -0.2) is 0 Å². The number of rotatable bonds is 0. The van der Waals surface area contributed by atoms with Crippen LogP contribution in [0.1, 0.15) is 19.3 Å². The predicted molar refractivity (Wildman–Crippen MR) is 43.3 cm³/mol. The Hall–Kier alpha value is -0.630. The monoisotopic (exact) mass is 151 g/mol. The average Bonchev–Trinajstić information content (AvgIpc) is 2.36. The lowest BCUT2D eigenvalue weighted by Crippen LogP contribution is -2.39. The van der Waals surface area contributed by atoms with Crippen LogP contribution in [-0.2, 0) is 4.79 Å². The zero-order valence-electron chi connectivity index (χ0n) is 6.60. The number of allylic oxidation sites excluding steroid dienone is 2. The van der Waals surface area contributed by atoms with Gasteiger partial charge in [-0.3, -0.25) is 4.79 Å². The van der Waals surface area contributed by atoms with Gasteiger partial charge >= 0.3 is 0 Å². The first kappa shape index (κ1) is 7.04. The van der Waals surface area contributed by atoms with Crippen LogP contribution in [0.5, 0.6) is 0 Å². The van der Waals surface area contributed by atoms with Gasteiger partial charge in [-0.2, -0.15) is 0 Å². The lowest BCUT2D eigenvalue weighted by atomic mass is 9.76. The SMILES string of the molecule is O=C1C=CCC12CCNCC2. The van der Waals surface area contributed by atoms with E-state index < -0.39 is 0 Å². The molecule has 1 N–H and O–H groups in total. The molecule has 2 nitrogen and oxygen atoms in total. The third kappa shape index (κ3) is 1.02. The molecular weight excluding hydrogens is 138 g/mol. The van der Waals surface area contributed by atoms with E-state index in [1.54, 1.807) is 6.08 Å². The highest BCUT2D eigenvalue weighted by Crippen LogP contribution is 2.38. The fourth-order valence-electron chi connectivity index (χ4n) is 2.02. The molecule has 0 aromatic rings. The first-order valence-corrected chi connectivity index (χ1v) is 4.25. The Morgan fingerprint density at radius 1 is 1.36 bits per heavy atom. The van der Waals surface area contributed by atoms with Crippen LogP contribution in [0, 0.1) is 5.41 Å². The van der Waals surface area contributed by atoms with Gasteiger partial charge in [0.2, 0.25) is 0 Å². The van der Waals surface area contributed by atoms with Crippen molar-refractivity contribution in [1.82, 2.24) is 5.32 Å². The molecule has 1 aliphatic carbocycles. The van der Waals surface area contributed by atoms with Gasteiger partial charge in [-0.05, 0) is 38.4 Å². The lowest BCUT2D eigenvalue weighted by molar-refractivity contribution is -0.124. The molecular formula is C9H13NO. The molecule has 0 aromatic carbocycles. The number of hydrogen-bond acceptors (Lipinski definition) is 2. The first-order valence-electron chi connectivity index (χ1n) is 4.25. The summed E-state index contributed by atoms with van der Waals surface area (Å²) in [6.45, 7) is 2.01. The number of ketones is 1. The maximum absolute atomic E-state index is 11.4. The van der Waals surface area contributed by atoms with E-state index in [1.807, 2.05) is 6.08 Å². The van der Waals surface area contributed by atoms with E-state index in [0.717, 1.165) is 32.4 Å². The second-order valence-electron chi connectivity index (χ2n) is 3.50. The summed E-state index contributed by atoms with van der Waals surface area (Å²) in [6, 6.07) is 0. The van der Waals surface area contributed by atoms with Crippen LogP contribution in [-0.4, -0.2) is 18.9 Å². The second-order valence-corrected chi connectivity index (χ2v) is 3.50. The summed E-state index contributed by atoms with van der Waals surface area (Å²) in [5.41, 5.74) is 0.0191. The molecule has 1 spiro atoms. The zero-order chi connectivity index (χ0) is 7.73. The van der Waals surface area contributed by atoms with Crippen molar-refractivity contribution >= 4 is 5.78 Å². The molecule has 0 amide bonds. The minimum Gasteiger partial charge on any atom is -0.317 e. The summed E-state index contributed by atoms with van der Waals surface area (Å²) in [7, 11) is 0. The van der Waals surface area contributed by atoms with Crippen LogP contribution in [0.2, 0.25) is 0 Å². The van der Waals surface area contributed by atoms with E-state index >= 15 is 0 Å². The molecule has 2 rings (SSSR count). The van der Waals surface area contributed by atoms with E-state index in [4.69, 9.17) is 0 Å². The highest BCUT2D eigenvalue weighted by atomic mass is 16.1. The Morgan fingerprint density at radius 3 is 2.64 bits per heavy atom. The maximum Gasteiger partial charge on any atom is 0.161 e. The zero-order valence-corrected chi connectivity index (χ0v) is 6.60. The molecule has 2 aliphatic rings. The molecule has 1 heterocycles. The fraction of sp³-hybridized carbons (Fsp3) is 0.667. The quantitative estimate of drug-likeness (QED) is 0.557. The number of carbonyl (C=O) groups is 1. The van der Waals surface area contributed by atoms with Crippen LogP contribution in [0.25, 0.3) is 0 Å². The number of nitrogens with one attached hydrogen (secondary N) is 1. The van der Waals surface area contributed by atoms with Gasteiger partial charge in [-0.15, -0.1) is 0 Å². The van der Waals surface area contributed by atoms with E-state index in [1.165, 1.54) is 0 Å². The van der Waals surface area contributed by atoms with Crippen LogP contribution in [0.3, 0.4) is 0 Å². The van der Waals surface area contributed by atoms with Crippen LogP contribution in [0.15, 0.2) is 12.2 Å². The minimum atomic E-state index is 0.0191. The topological polar surface area (TPSA) is 29.1 Å². The molecule has 0 saturated carbocycles. The Labute approximate surface area is 66.7 Å². The highest BCUT2D eigenvalue weighted by molar-refractivity contribution is 5.97. The fourth-order valence-corrected chi connectivity index (χ4v) is 2.02. The molecule has 11 heavy (non-hydrogen) atoms. The molecule has 1 aliphatic heterocycles. The molecule has 0 atom stereocenters. The predicted octanol–water partition coefficient (Wildman–Crippen LogP) is 0.885. The number of piperidine rings is 1. The number of hydrogen-bond donors (Lipinski definition) is 1. The largest absolute Gasteiger partial charge is 0.317 e. The van der Waals surface area contributed by atoms with Gasteiger partial charge in [0.25, 0.3) is 0 Å². The summed E-state index contributed by atoms with van der Waals surface area (Å²) in [5, 5.41) is 3.28. The Morgan fingerprint density at radius 2 is 2.09 bits per heavy atom. The summed E-state index contributed by atoms with van der Waals surface area (Å²) in [6.07, 6.45) is 6.81. The van der Waals surface area contributed by atoms with Gasteiger partial charge in [0.15, 0.2) is 5.78 Å². The highest BCUT2D eigenvalue weighted by Gasteiger charge is 2.39. The van der Waals surface area contributed by atoms with Gasteiger partial charge in [-0.1, -0.05) is 6.08 Å². The van der Waals surface area contributed by atoms with Crippen LogP contribution < -0.4 is 5.32 Å². The number of carbonyl (C=O) groups excluding carboxylic acids is 1. The van der Waals surface area contributed by atoms with Gasteiger partial charge in [0.1, 0.15) is 0 Å². The third-order valence-corrected chi connectivity index (χ3v) is 2.86. The van der Waals surface area contributed by atoms with Crippen molar-refractivity contribution in [1.29, 1.82) is 0 Å². The molecule has 1 saturated heterocycles. The third-order valence-electron chi connectivity index (χ3n) is 2.86. The molecule has 0 aromatic heterocycles. The molecule has 0 bridgehead atoms. The van der Waals surface area contributed by atoms with Crippen LogP contribution in [0.4, 0.5) is 0 Å². The standard InChI is InChI=1S/C9H13NO/c11-8-2-1-3-9(8)4-6-10-7-5-9/h1-2,10H,3-7H2. The molecule has 2 heteroatoms. The van der Waals surface area contributed by atoms with E-state index in [2.05, 4.69) is 5.32 Å². The van der Waals surface area contributed by atoms with Gasteiger partial charge in [0.05, 0.1) is 0 Å². The van der Waals surface area contributed by atoms with E-state index in [0.29, 0.717) is 5.78 Å². The summed E-state index contributed by atoms with van der Waals surface area (Å²) >= 11 is 0. The van der Waals surface area contributed by atoms with Gasteiger partial charge in [0, 0.05) is 5.41 Å². The summed E-state index contributed by atoms with van der Waals surface area (Å²) in [5.74, 6) is 0.360. The van der Waals surface area contributed by atoms with Crippen molar-refractivity contribution in [2.24, 2.45) is 5.41 Å². The summed E-state index contributed by atoms with van der Waals surface area (Å²) in [4.78, 5) is 11.4. The molecule has 1 fully saturated rings. The molecule has 0 unspecified atom stereocenters. The average molecular weight is 151 g/mol. The Balaban J connectivity index is 2.15. The first-order chi connectivity index (χ1) is 5.33. The van der Waals surface area contributed by atoms with Crippen molar-refractivity contribution in [3.63, 3.8) is 0 Å². The smallest absolute Gasteiger partial charge is 0.161 e. The van der Waals surface area contributed by atoms with Crippen molar-refractivity contribution in [2.75, 3.05) is 13.1 Å². The molecule has 0 radical (unpaired) electrons.